The Hall–Kier alpha value is -3.97. The highest BCUT2D eigenvalue weighted by Gasteiger charge is 2.23. The fourth-order valence-corrected chi connectivity index (χ4v) is 3.31. The molecular formula is C27H28N2O5. The van der Waals surface area contributed by atoms with Crippen molar-refractivity contribution in [2.75, 3.05) is 13.1 Å². The number of ether oxygens (including phenoxy) is 1. The Kier molecular flexibility index (Phi) is 9.83. The van der Waals surface area contributed by atoms with E-state index in [1.165, 1.54) is 0 Å². The molecule has 3 aromatic rings. The van der Waals surface area contributed by atoms with Crippen LogP contribution in [0.15, 0.2) is 91.0 Å². The van der Waals surface area contributed by atoms with Crippen LogP contribution >= 0.6 is 0 Å². The Balaban J connectivity index is 1.56. The molecule has 34 heavy (non-hydrogen) atoms. The van der Waals surface area contributed by atoms with E-state index in [4.69, 9.17) is 9.57 Å². The van der Waals surface area contributed by atoms with Crippen molar-refractivity contribution in [1.82, 2.24) is 10.4 Å². The highest BCUT2D eigenvalue weighted by Crippen LogP contribution is 2.12. The van der Waals surface area contributed by atoms with Gasteiger partial charge in [-0.2, -0.15) is 0 Å². The number of hydroxylamine groups is 2. The molecule has 1 N–H and O–H groups in total. The molecule has 0 aliphatic heterocycles. The Morgan fingerprint density at radius 1 is 0.794 bits per heavy atom. The van der Waals surface area contributed by atoms with E-state index in [1.54, 1.807) is 0 Å². The van der Waals surface area contributed by atoms with E-state index in [9.17, 15) is 14.4 Å². The zero-order chi connectivity index (χ0) is 24.0. The maximum atomic E-state index is 12.9. The van der Waals surface area contributed by atoms with E-state index >= 15 is 0 Å². The molecule has 7 nitrogen and oxygen atoms in total. The first kappa shape index (κ1) is 24.7. The summed E-state index contributed by atoms with van der Waals surface area (Å²) >= 11 is 0. The van der Waals surface area contributed by atoms with Gasteiger partial charge < -0.3 is 10.1 Å². The van der Waals surface area contributed by atoms with Crippen LogP contribution in [0, 0.1) is 5.92 Å². The van der Waals surface area contributed by atoms with Gasteiger partial charge in [0.25, 0.3) is 0 Å². The van der Waals surface area contributed by atoms with Gasteiger partial charge in [0.1, 0.15) is 19.8 Å². The number of benzene rings is 3. The summed E-state index contributed by atoms with van der Waals surface area (Å²) in [5.41, 5.74) is 2.70. The molecule has 1 unspecified atom stereocenters. The molecule has 0 spiro atoms. The van der Waals surface area contributed by atoms with Crippen LogP contribution in [-0.2, 0) is 43.6 Å². The van der Waals surface area contributed by atoms with Crippen LogP contribution in [0.3, 0.4) is 0 Å². The highest BCUT2D eigenvalue weighted by atomic mass is 16.7. The Morgan fingerprint density at radius 3 is 1.88 bits per heavy atom. The molecule has 0 aliphatic carbocycles. The molecule has 2 amide bonds. The molecule has 0 bridgehead atoms. The smallest absolute Gasteiger partial charge is 0.325 e. The molecule has 3 aromatic carbocycles. The van der Waals surface area contributed by atoms with Crippen LogP contribution in [0.2, 0.25) is 0 Å². The van der Waals surface area contributed by atoms with Crippen molar-refractivity contribution in [3.05, 3.63) is 108 Å². The number of nitrogens with zero attached hydrogens (tertiary/aromatic N) is 1. The van der Waals surface area contributed by atoms with Crippen molar-refractivity contribution in [2.45, 2.75) is 19.6 Å². The predicted octanol–water partition coefficient (Wildman–Crippen LogP) is 3.30. The number of hydrogen-bond donors (Lipinski definition) is 1. The van der Waals surface area contributed by atoms with E-state index in [0.717, 1.165) is 21.8 Å². The van der Waals surface area contributed by atoms with Gasteiger partial charge in [0.2, 0.25) is 12.3 Å². The van der Waals surface area contributed by atoms with Crippen molar-refractivity contribution in [3.8, 4) is 0 Å². The number of nitrogens with one attached hydrogen (secondary N) is 1. The summed E-state index contributed by atoms with van der Waals surface area (Å²) in [5.74, 6) is -1.52. The van der Waals surface area contributed by atoms with Gasteiger partial charge in [-0.1, -0.05) is 91.0 Å². The quantitative estimate of drug-likeness (QED) is 0.240. The first-order valence-corrected chi connectivity index (χ1v) is 11.0. The minimum absolute atomic E-state index is 0.0378. The van der Waals surface area contributed by atoms with E-state index < -0.39 is 11.9 Å². The second kappa shape index (κ2) is 13.5. The van der Waals surface area contributed by atoms with Gasteiger partial charge in [0.05, 0.1) is 12.5 Å². The number of hydrogen-bond acceptors (Lipinski definition) is 5. The molecule has 0 aliphatic rings. The molecule has 0 radical (unpaired) electrons. The lowest BCUT2D eigenvalue weighted by molar-refractivity contribution is -0.182. The summed E-state index contributed by atoms with van der Waals surface area (Å²) in [4.78, 5) is 42.3. The van der Waals surface area contributed by atoms with Gasteiger partial charge in [-0.3, -0.25) is 19.2 Å². The minimum Gasteiger partial charge on any atom is -0.460 e. The van der Waals surface area contributed by atoms with E-state index in [-0.39, 0.29) is 32.2 Å². The van der Waals surface area contributed by atoms with Crippen LogP contribution in [0.5, 0.6) is 0 Å². The summed E-state index contributed by atoms with van der Waals surface area (Å²) in [6.45, 7) is 0.110. The van der Waals surface area contributed by atoms with E-state index in [2.05, 4.69) is 5.32 Å². The number of esters is 1. The second-order valence-corrected chi connectivity index (χ2v) is 7.71. The molecule has 0 aromatic heterocycles. The average molecular weight is 461 g/mol. The summed E-state index contributed by atoms with van der Waals surface area (Å²) in [5, 5.41) is 3.75. The fraction of sp³-hybridized carbons (Fsp3) is 0.222. The lowest BCUT2D eigenvalue weighted by Gasteiger charge is -2.23. The molecular weight excluding hydrogens is 432 g/mol. The van der Waals surface area contributed by atoms with Gasteiger partial charge in [0, 0.05) is 0 Å². The SMILES string of the molecule is O=CN(CC(Cc1ccccc1)C(=O)NCC(=O)OCc1ccccc1)OCc1ccccc1. The maximum absolute atomic E-state index is 12.9. The van der Waals surface area contributed by atoms with Gasteiger partial charge in [-0.15, -0.1) is 0 Å². The van der Waals surface area contributed by atoms with Gasteiger partial charge >= 0.3 is 5.97 Å². The zero-order valence-corrected chi connectivity index (χ0v) is 18.8. The predicted molar refractivity (Wildman–Crippen MR) is 127 cm³/mol. The lowest BCUT2D eigenvalue weighted by Crippen LogP contribution is -2.41. The number of amides is 2. The van der Waals surface area contributed by atoms with Gasteiger partial charge in [0.15, 0.2) is 0 Å². The summed E-state index contributed by atoms with van der Waals surface area (Å²) in [7, 11) is 0. The summed E-state index contributed by atoms with van der Waals surface area (Å²) in [6, 6.07) is 28.2. The summed E-state index contributed by atoms with van der Waals surface area (Å²) in [6.07, 6.45) is 0.938. The van der Waals surface area contributed by atoms with Gasteiger partial charge in [-0.25, -0.2) is 5.06 Å². The van der Waals surface area contributed by atoms with Gasteiger partial charge in [-0.05, 0) is 23.1 Å². The Labute approximate surface area is 199 Å². The minimum atomic E-state index is -0.620. The number of rotatable bonds is 13. The third-order valence-electron chi connectivity index (χ3n) is 5.10. The number of carbonyl (C=O) groups excluding carboxylic acids is 3. The first-order valence-electron chi connectivity index (χ1n) is 11.0. The van der Waals surface area contributed by atoms with Crippen LogP contribution in [0.4, 0.5) is 0 Å². The van der Waals surface area contributed by atoms with Crippen molar-refractivity contribution in [2.24, 2.45) is 5.92 Å². The largest absolute Gasteiger partial charge is 0.460 e. The topological polar surface area (TPSA) is 84.9 Å². The van der Waals surface area contributed by atoms with Crippen molar-refractivity contribution in [3.63, 3.8) is 0 Å². The molecule has 0 saturated heterocycles. The molecule has 7 heteroatoms. The van der Waals surface area contributed by atoms with E-state index in [0.29, 0.717) is 12.8 Å². The third kappa shape index (κ3) is 8.52. The Morgan fingerprint density at radius 2 is 1.32 bits per heavy atom. The third-order valence-corrected chi connectivity index (χ3v) is 5.10. The lowest BCUT2D eigenvalue weighted by atomic mass is 9.98. The van der Waals surface area contributed by atoms with Crippen LogP contribution < -0.4 is 5.32 Å². The van der Waals surface area contributed by atoms with E-state index in [1.807, 2.05) is 91.0 Å². The first-order chi connectivity index (χ1) is 16.6. The van der Waals surface area contributed by atoms with Crippen molar-refractivity contribution in [1.29, 1.82) is 0 Å². The zero-order valence-electron chi connectivity index (χ0n) is 18.8. The monoisotopic (exact) mass is 460 g/mol. The maximum Gasteiger partial charge on any atom is 0.325 e. The molecule has 0 fully saturated rings. The highest BCUT2D eigenvalue weighted by molar-refractivity contribution is 5.84. The fourth-order valence-electron chi connectivity index (χ4n) is 3.31. The van der Waals surface area contributed by atoms with Crippen molar-refractivity contribution >= 4 is 18.3 Å². The van der Waals surface area contributed by atoms with Crippen LogP contribution in [0.1, 0.15) is 16.7 Å². The average Bonchev–Trinajstić information content (AvgIpc) is 2.89. The number of carbonyl (C=O) groups is 3. The normalized spacial score (nSPS) is 11.3. The molecule has 176 valence electrons. The second-order valence-electron chi connectivity index (χ2n) is 7.71. The van der Waals surface area contributed by atoms with Crippen LogP contribution in [-0.4, -0.2) is 36.4 Å². The summed E-state index contributed by atoms with van der Waals surface area (Å²) < 4.78 is 5.22. The molecule has 3 rings (SSSR count). The standard InChI is InChI=1S/C27H28N2O5/c30-21-29(34-20-24-14-8-3-9-15-24)18-25(16-22-10-4-1-5-11-22)27(32)28-17-26(31)33-19-23-12-6-2-7-13-23/h1-15,21,25H,16-20H2,(H,28,32). The van der Waals surface area contributed by atoms with Crippen LogP contribution in [0.25, 0.3) is 0 Å². The van der Waals surface area contributed by atoms with Crippen molar-refractivity contribution < 1.29 is 24.0 Å². The molecule has 1 atom stereocenters. The Bertz CT molecular complexity index is 1030. The molecule has 0 saturated carbocycles. The molecule has 0 heterocycles.